The molecule has 36 heavy (non-hydrogen) atoms. The van der Waals surface area contributed by atoms with Crippen molar-refractivity contribution in [2.24, 2.45) is 5.92 Å². The molecule has 1 aliphatic carbocycles. The van der Waals surface area contributed by atoms with Crippen LogP contribution in [0.4, 0.5) is 5.69 Å². The second-order valence-corrected chi connectivity index (χ2v) is 11.1. The lowest BCUT2D eigenvalue weighted by Gasteiger charge is -2.32. The standard InChI is InChI=1S/C31H39N5/c1-21-17-22(2)30(23(3)18-21)36-27-8-6-5-7-26(27)29-28(19-24(4)33-31(29)36)35(20-25-9-10-25)16-15-34-13-11-32-12-14-34/h5-8,17-19,25,32H,9-16,20H2,1-4H3. The zero-order valence-corrected chi connectivity index (χ0v) is 22.3. The number of fused-ring (bicyclic) bond motifs is 3. The summed E-state index contributed by atoms with van der Waals surface area (Å²) in [7, 11) is 0. The molecule has 1 saturated carbocycles. The minimum absolute atomic E-state index is 0.825. The molecule has 0 unspecified atom stereocenters. The van der Waals surface area contributed by atoms with E-state index in [0.29, 0.717) is 0 Å². The van der Waals surface area contributed by atoms with Gasteiger partial charge in [0, 0.05) is 56.9 Å². The van der Waals surface area contributed by atoms with Crippen LogP contribution in [-0.4, -0.2) is 60.3 Å². The van der Waals surface area contributed by atoms with Gasteiger partial charge in [-0.1, -0.05) is 35.9 Å². The predicted octanol–water partition coefficient (Wildman–Crippen LogP) is 5.53. The second-order valence-electron chi connectivity index (χ2n) is 11.1. The normalized spacial score (nSPS) is 16.8. The number of benzene rings is 2. The predicted molar refractivity (Wildman–Crippen MR) is 152 cm³/mol. The summed E-state index contributed by atoms with van der Waals surface area (Å²) in [5, 5.41) is 6.10. The third-order valence-corrected chi connectivity index (χ3v) is 8.00. The van der Waals surface area contributed by atoms with E-state index in [2.05, 4.69) is 89.8 Å². The van der Waals surface area contributed by atoms with Crippen LogP contribution in [0.1, 0.15) is 35.2 Å². The first-order valence-corrected chi connectivity index (χ1v) is 13.7. The van der Waals surface area contributed by atoms with Crippen LogP contribution in [0.15, 0.2) is 42.5 Å². The molecule has 3 heterocycles. The van der Waals surface area contributed by atoms with Gasteiger partial charge in [0.15, 0.2) is 0 Å². The van der Waals surface area contributed by atoms with Gasteiger partial charge in [-0.05, 0) is 69.7 Å². The Balaban J connectivity index is 1.54. The lowest BCUT2D eigenvalue weighted by Crippen LogP contribution is -2.46. The van der Waals surface area contributed by atoms with Gasteiger partial charge in [-0.25, -0.2) is 4.98 Å². The fraction of sp³-hybridized carbons (Fsp3) is 0.452. The number of nitrogens with one attached hydrogen (secondary N) is 1. The van der Waals surface area contributed by atoms with E-state index in [0.717, 1.165) is 63.1 Å². The van der Waals surface area contributed by atoms with E-state index in [9.17, 15) is 0 Å². The highest BCUT2D eigenvalue weighted by atomic mass is 15.2. The molecule has 6 rings (SSSR count). The molecule has 0 radical (unpaired) electrons. The Morgan fingerprint density at radius 3 is 2.42 bits per heavy atom. The van der Waals surface area contributed by atoms with Crippen LogP contribution in [-0.2, 0) is 0 Å². The number of nitrogens with zero attached hydrogens (tertiary/aromatic N) is 4. The van der Waals surface area contributed by atoms with Crippen LogP contribution in [0.25, 0.3) is 27.6 Å². The molecule has 4 aromatic rings. The lowest BCUT2D eigenvalue weighted by molar-refractivity contribution is 0.245. The van der Waals surface area contributed by atoms with Crippen LogP contribution in [0.3, 0.4) is 0 Å². The van der Waals surface area contributed by atoms with Crippen molar-refractivity contribution in [1.29, 1.82) is 0 Å². The Labute approximate surface area is 215 Å². The molecule has 2 fully saturated rings. The molecule has 2 aliphatic rings. The van der Waals surface area contributed by atoms with Gasteiger partial charge in [-0.2, -0.15) is 0 Å². The maximum absolute atomic E-state index is 5.20. The zero-order valence-electron chi connectivity index (χ0n) is 22.3. The highest BCUT2D eigenvalue weighted by Gasteiger charge is 2.28. The van der Waals surface area contributed by atoms with Crippen molar-refractivity contribution in [3.8, 4) is 5.69 Å². The summed E-state index contributed by atoms with van der Waals surface area (Å²) < 4.78 is 2.43. The van der Waals surface area contributed by atoms with Gasteiger partial charge in [0.1, 0.15) is 5.65 Å². The Bertz CT molecular complexity index is 1380. The minimum Gasteiger partial charge on any atom is -0.369 e. The van der Waals surface area contributed by atoms with Crippen molar-refractivity contribution in [1.82, 2.24) is 19.8 Å². The van der Waals surface area contributed by atoms with Crippen molar-refractivity contribution in [3.63, 3.8) is 0 Å². The van der Waals surface area contributed by atoms with E-state index in [1.807, 2.05) is 0 Å². The molecule has 0 spiro atoms. The van der Waals surface area contributed by atoms with Crippen molar-refractivity contribution in [2.75, 3.05) is 50.7 Å². The van der Waals surface area contributed by atoms with E-state index in [1.165, 1.54) is 57.2 Å². The van der Waals surface area contributed by atoms with Crippen LogP contribution < -0.4 is 10.2 Å². The third kappa shape index (κ3) is 4.39. The van der Waals surface area contributed by atoms with E-state index < -0.39 is 0 Å². The number of aryl methyl sites for hydroxylation is 4. The van der Waals surface area contributed by atoms with E-state index in [4.69, 9.17) is 4.98 Å². The first kappa shape index (κ1) is 23.5. The summed E-state index contributed by atoms with van der Waals surface area (Å²) in [4.78, 5) is 10.5. The monoisotopic (exact) mass is 481 g/mol. The number of anilines is 1. The molecule has 5 heteroatoms. The van der Waals surface area contributed by atoms with Crippen LogP contribution in [0, 0.1) is 33.6 Å². The number of hydrogen-bond acceptors (Lipinski definition) is 4. The van der Waals surface area contributed by atoms with Crippen LogP contribution in [0.5, 0.6) is 0 Å². The molecule has 1 aliphatic heterocycles. The van der Waals surface area contributed by atoms with E-state index >= 15 is 0 Å². The first-order chi connectivity index (χ1) is 17.5. The molecule has 0 amide bonds. The number of piperazine rings is 1. The number of pyridine rings is 1. The number of hydrogen-bond donors (Lipinski definition) is 1. The fourth-order valence-electron chi connectivity index (χ4n) is 6.17. The molecule has 1 N–H and O–H groups in total. The van der Waals surface area contributed by atoms with E-state index in [1.54, 1.807) is 0 Å². The Kier molecular flexibility index (Phi) is 6.22. The first-order valence-electron chi connectivity index (χ1n) is 13.7. The van der Waals surface area contributed by atoms with Gasteiger partial charge in [-0.15, -0.1) is 0 Å². The topological polar surface area (TPSA) is 36.3 Å². The molecule has 188 valence electrons. The number of aromatic nitrogens is 2. The number of rotatable bonds is 7. The molecule has 0 bridgehead atoms. The maximum atomic E-state index is 5.20. The third-order valence-electron chi connectivity index (χ3n) is 8.00. The van der Waals surface area contributed by atoms with Gasteiger partial charge in [0.05, 0.1) is 22.3 Å². The molecule has 2 aromatic heterocycles. The smallest absolute Gasteiger partial charge is 0.147 e. The Morgan fingerprint density at radius 1 is 0.972 bits per heavy atom. The van der Waals surface area contributed by atoms with Gasteiger partial charge >= 0.3 is 0 Å². The van der Waals surface area contributed by atoms with Crippen molar-refractivity contribution in [3.05, 3.63) is 64.8 Å². The molecule has 0 atom stereocenters. The summed E-state index contributed by atoms with van der Waals surface area (Å²) >= 11 is 0. The average Bonchev–Trinajstić information content (AvgIpc) is 3.63. The summed E-state index contributed by atoms with van der Waals surface area (Å²) in [5.41, 5.74) is 9.96. The van der Waals surface area contributed by atoms with Gasteiger partial charge in [0.2, 0.25) is 0 Å². The van der Waals surface area contributed by atoms with Crippen LogP contribution in [0.2, 0.25) is 0 Å². The zero-order chi connectivity index (χ0) is 24.8. The van der Waals surface area contributed by atoms with E-state index in [-0.39, 0.29) is 0 Å². The second kappa shape index (κ2) is 9.53. The molecular weight excluding hydrogens is 442 g/mol. The highest BCUT2D eigenvalue weighted by molar-refractivity contribution is 6.14. The minimum atomic E-state index is 0.825. The lowest BCUT2D eigenvalue weighted by atomic mass is 10.0. The molecule has 1 saturated heterocycles. The largest absolute Gasteiger partial charge is 0.369 e. The molecular formula is C31H39N5. The quantitative estimate of drug-likeness (QED) is 0.376. The summed E-state index contributed by atoms with van der Waals surface area (Å²) in [6.45, 7) is 16.6. The highest BCUT2D eigenvalue weighted by Crippen LogP contribution is 2.40. The van der Waals surface area contributed by atoms with Gasteiger partial charge in [-0.3, -0.25) is 9.47 Å². The van der Waals surface area contributed by atoms with Crippen molar-refractivity contribution >= 4 is 27.6 Å². The van der Waals surface area contributed by atoms with Gasteiger partial charge in [0.25, 0.3) is 0 Å². The maximum Gasteiger partial charge on any atom is 0.147 e. The molecule has 5 nitrogen and oxygen atoms in total. The Morgan fingerprint density at radius 2 is 1.69 bits per heavy atom. The Hall–Kier alpha value is -2.89. The average molecular weight is 482 g/mol. The summed E-state index contributed by atoms with van der Waals surface area (Å²) in [6.07, 6.45) is 2.72. The summed E-state index contributed by atoms with van der Waals surface area (Å²) in [5.74, 6) is 0.825. The number of para-hydroxylation sites is 1. The van der Waals surface area contributed by atoms with Crippen LogP contribution >= 0.6 is 0 Å². The fourth-order valence-corrected chi connectivity index (χ4v) is 6.17. The van der Waals surface area contributed by atoms with Gasteiger partial charge < -0.3 is 10.2 Å². The van der Waals surface area contributed by atoms with Crippen molar-refractivity contribution in [2.45, 2.75) is 40.5 Å². The molecule has 2 aromatic carbocycles. The SMILES string of the molecule is Cc1cc(C)c(-n2c3ccccc3c3c(N(CCN4CCNCC4)CC4CC4)cc(C)nc32)c(C)c1. The van der Waals surface area contributed by atoms with Crippen molar-refractivity contribution < 1.29 is 0 Å². The summed E-state index contributed by atoms with van der Waals surface area (Å²) in [6, 6.07) is 15.8.